The molecule has 1 fully saturated rings. The fraction of sp³-hybridized carbons (Fsp3) is 1.00. The smallest absolute Gasteiger partial charge is 0.0104 e. The highest BCUT2D eigenvalue weighted by molar-refractivity contribution is 4.73. The number of hydrogen-bond donors (Lipinski definition) is 1. The second-order valence-electron chi connectivity index (χ2n) is 3.83. The van der Waals surface area contributed by atoms with Crippen molar-refractivity contribution in [2.75, 3.05) is 26.7 Å². The van der Waals surface area contributed by atoms with Crippen LogP contribution < -0.4 is 5.32 Å². The largest absolute Gasteiger partial charge is 0.313 e. The molecule has 1 aliphatic rings. The summed E-state index contributed by atoms with van der Waals surface area (Å²) in [6, 6.07) is 0.829. The van der Waals surface area contributed by atoms with Gasteiger partial charge in [-0.1, -0.05) is 19.8 Å². The molecule has 12 heavy (non-hydrogen) atoms. The zero-order chi connectivity index (χ0) is 8.81. The van der Waals surface area contributed by atoms with Crippen LogP contribution in [0.1, 0.15) is 32.6 Å². The van der Waals surface area contributed by atoms with E-state index in [0.717, 1.165) is 19.1 Å². The summed E-state index contributed by atoms with van der Waals surface area (Å²) in [5.41, 5.74) is 0. The Morgan fingerprint density at radius 3 is 2.58 bits per heavy atom. The van der Waals surface area contributed by atoms with Crippen molar-refractivity contribution in [2.45, 2.75) is 38.6 Å². The molecule has 1 saturated carbocycles. The summed E-state index contributed by atoms with van der Waals surface area (Å²) in [7, 11) is 2.18. The van der Waals surface area contributed by atoms with Gasteiger partial charge in [0.15, 0.2) is 0 Å². The first-order chi connectivity index (χ1) is 5.83. The maximum atomic E-state index is 3.61. The number of nitrogens with one attached hydrogen (secondary N) is 1. The Balaban J connectivity index is 1.94. The minimum atomic E-state index is 0.829. The highest BCUT2D eigenvalue weighted by atomic mass is 15.1. The van der Waals surface area contributed by atoms with Crippen LogP contribution in [0, 0.1) is 0 Å². The van der Waals surface area contributed by atoms with Crippen LogP contribution in [-0.2, 0) is 0 Å². The lowest BCUT2D eigenvalue weighted by Crippen LogP contribution is -2.34. The highest BCUT2D eigenvalue weighted by Crippen LogP contribution is 2.17. The minimum Gasteiger partial charge on any atom is -0.313 e. The van der Waals surface area contributed by atoms with Crippen LogP contribution >= 0.6 is 0 Å². The molecule has 0 spiro atoms. The third kappa shape index (κ3) is 3.55. The van der Waals surface area contributed by atoms with Gasteiger partial charge in [0.25, 0.3) is 0 Å². The van der Waals surface area contributed by atoms with Gasteiger partial charge in [-0.3, -0.25) is 0 Å². The van der Waals surface area contributed by atoms with Gasteiger partial charge in [-0.15, -0.1) is 0 Å². The Kier molecular flexibility index (Phi) is 4.62. The first-order valence-electron chi connectivity index (χ1n) is 5.25. The van der Waals surface area contributed by atoms with E-state index >= 15 is 0 Å². The van der Waals surface area contributed by atoms with Crippen LogP contribution in [0.2, 0.25) is 0 Å². The summed E-state index contributed by atoms with van der Waals surface area (Å²) in [4.78, 5) is 2.35. The van der Waals surface area contributed by atoms with Crippen molar-refractivity contribution in [2.24, 2.45) is 0 Å². The van der Waals surface area contributed by atoms with Gasteiger partial charge in [0, 0.05) is 19.1 Å². The van der Waals surface area contributed by atoms with Crippen molar-refractivity contribution in [3.05, 3.63) is 0 Å². The van der Waals surface area contributed by atoms with E-state index in [1.54, 1.807) is 0 Å². The van der Waals surface area contributed by atoms with Crippen LogP contribution in [-0.4, -0.2) is 37.6 Å². The van der Waals surface area contributed by atoms with Crippen molar-refractivity contribution in [1.29, 1.82) is 0 Å². The average molecular weight is 170 g/mol. The molecule has 72 valence electrons. The molecule has 1 aliphatic carbocycles. The number of likely N-dealkylation sites (N-methyl/N-ethyl adjacent to an activating group) is 1. The van der Waals surface area contributed by atoms with Crippen molar-refractivity contribution in [3.63, 3.8) is 0 Å². The lowest BCUT2D eigenvalue weighted by Gasteiger charge is -2.16. The van der Waals surface area contributed by atoms with Crippen LogP contribution in [0.15, 0.2) is 0 Å². The Morgan fingerprint density at radius 2 is 2.00 bits per heavy atom. The highest BCUT2D eigenvalue weighted by Gasteiger charge is 2.13. The molecule has 0 amide bonds. The second kappa shape index (κ2) is 5.55. The summed E-state index contributed by atoms with van der Waals surface area (Å²) in [6.07, 6.45) is 5.66. The molecular formula is C10H22N2. The third-order valence-electron chi connectivity index (χ3n) is 2.82. The predicted molar refractivity (Wildman–Crippen MR) is 53.4 cm³/mol. The first-order valence-corrected chi connectivity index (χ1v) is 5.25. The average Bonchev–Trinajstić information content (AvgIpc) is 2.57. The van der Waals surface area contributed by atoms with Crippen LogP contribution in [0.3, 0.4) is 0 Å². The topological polar surface area (TPSA) is 15.3 Å². The molecule has 0 bridgehead atoms. The van der Waals surface area contributed by atoms with Gasteiger partial charge < -0.3 is 10.2 Å². The molecule has 0 aromatic rings. The zero-order valence-corrected chi connectivity index (χ0v) is 8.47. The Labute approximate surface area is 76.3 Å². The van der Waals surface area contributed by atoms with Gasteiger partial charge >= 0.3 is 0 Å². The summed E-state index contributed by atoms with van der Waals surface area (Å²) in [6.45, 7) is 5.71. The normalized spacial score (nSPS) is 19.2. The van der Waals surface area contributed by atoms with Crippen LogP contribution in [0.25, 0.3) is 0 Å². The van der Waals surface area contributed by atoms with E-state index in [0.29, 0.717) is 0 Å². The van der Waals surface area contributed by atoms with Crippen LogP contribution in [0.5, 0.6) is 0 Å². The van der Waals surface area contributed by atoms with E-state index in [4.69, 9.17) is 0 Å². The maximum absolute atomic E-state index is 3.61. The third-order valence-corrected chi connectivity index (χ3v) is 2.82. The lowest BCUT2D eigenvalue weighted by atomic mass is 10.2. The first kappa shape index (κ1) is 10.0. The molecule has 1 rings (SSSR count). The van der Waals surface area contributed by atoms with Crippen LogP contribution in [0.4, 0.5) is 0 Å². The molecule has 2 nitrogen and oxygen atoms in total. The van der Waals surface area contributed by atoms with E-state index < -0.39 is 0 Å². The van der Waals surface area contributed by atoms with Gasteiger partial charge in [-0.2, -0.15) is 0 Å². The Morgan fingerprint density at radius 1 is 1.33 bits per heavy atom. The van der Waals surface area contributed by atoms with Crippen molar-refractivity contribution >= 4 is 0 Å². The monoisotopic (exact) mass is 170 g/mol. The summed E-state index contributed by atoms with van der Waals surface area (Å²) < 4.78 is 0. The van der Waals surface area contributed by atoms with Crippen molar-refractivity contribution in [3.8, 4) is 0 Å². The van der Waals surface area contributed by atoms with Gasteiger partial charge in [0.05, 0.1) is 0 Å². The van der Waals surface area contributed by atoms with Crippen molar-refractivity contribution in [1.82, 2.24) is 10.2 Å². The number of hydrogen-bond acceptors (Lipinski definition) is 2. The molecule has 0 saturated heterocycles. The van der Waals surface area contributed by atoms with E-state index in [1.165, 1.54) is 32.2 Å². The number of nitrogens with zero attached hydrogens (tertiary/aromatic N) is 1. The zero-order valence-electron chi connectivity index (χ0n) is 8.47. The lowest BCUT2D eigenvalue weighted by molar-refractivity contribution is 0.339. The fourth-order valence-corrected chi connectivity index (χ4v) is 1.75. The molecule has 1 N–H and O–H groups in total. The van der Waals surface area contributed by atoms with Gasteiger partial charge in [0.2, 0.25) is 0 Å². The molecule has 0 aromatic heterocycles. The molecule has 0 radical (unpaired) electrons. The number of rotatable bonds is 5. The maximum Gasteiger partial charge on any atom is 0.0104 e. The minimum absolute atomic E-state index is 0.829. The summed E-state index contributed by atoms with van der Waals surface area (Å²) in [5.74, 6) is 0. The van der Waals surface area contributed by atoms with E-state index in [2.05, 4.69) is 24.2 Å². The molecule has 0 unspecified atom stereocenters. The summed E-state index contributed by atoms with van der Waals surface area (Å²) >= 11 is 0. The van der Waals surface area contributed by atoms with E-state index in [-0.39, 0.29) is 0 Å². The SMILES string of the molecule is CCN(C)CCNC1CCCC1. The fourth-order valence-electron chi connectivity index (χ4n) is 1.75. The molecule has 0 atom stereocenters. The Bertz CT molecular complexity index is 108. The molecular weight excluding hydrogens is 148 g/mol. The molecule has 0 aromatic carbocycles. The van der Waals surface area contributed by atoms with Gasteiger partial charge in [-0.25, -0.2) is 0 Å². The molecule has 2 heteroatoms. The molecule has 0 aliphatic heterocycles. The quantitative estimate of drug-likeness (QED) is 0.672. The standard InChI is InChI=1S/C10H22N2/c1-3-12(2)9-8-11-10-6-4-5-7-10/h10-11H,3-9H2,1-2H3. The second-order valence-corrected chi connectivity index (χ2v) is 3.83. The predicted octanol–water partition coefficient (Wildman–Crippen LogP) is 1.47. The van der Waals surface area contributed by atoms with E-state index in [1.807, 2.05) is 0 Å². The summed E-state index contributed by atoms with van der Waals surface area (Å²) in [5, 5.41) is 3.61. The van der Waals surface area contributed by atoms with Gasteiger partial charge in [0.1, 0.15) is 0 Å². The van der Waals surface area contributed by atoms with Gasteiger partial charge in [-0.05, 0) is 26.4 Å². The van der Waals surface area contributed by atoms with Crippen molar-refractivity contribution < 1.29 is 0 Å². The Hall–Kier alpha value is -0.0800. The van der Waals surface area contributed by atoms with E-state index in [9.17, 15) is 0 Å². The molecule has 0 heterocycles.